The summed E-state index contributed by atoms with van der Waals surface area (Å²) in [5.74, 6) is 0.359. The Hall–Kier alpha value is -0.610. The number of hydrogen-bond acceptors (Lipinski definition) is 4. The van der Waals surface area contributed by atoms with Crippen LogP contribution in [-0.4, -0.2) is 51.3 Å². The molecule has 15 heavy (non-hydrogen) atoms. The van der Waals surface area contributed by atoms with Crippen LogP contribution in [0.2, 0.25) is 0 Å². The van der Waals surface area contributed by atoms with Crippen molar-refractivity contribution in [2.45, 2.75) is 12.8 Å². The van der Waals surface area contributed by atoms with Crippen LogP contribution < -0.4 is 0 Å². The molecule has 0 radical (unpaired) electrons. The van der Waals surface area contributed by atoms with Crippen molar-refractivity contribution in [3.8, 4) is 0 Å². The molecule has 0 aromatic rings. The molecule has 2 saturated heterocycles. The third kappa shape index (κ3) is 1.76. The molecule has 0 aliphatic carbocycles. The van der Waals surface area contributed by atoms with Crippen LogP contribution in [0.25, 0.3) is 0 Å². The zero-order valence-electron chi connectivity index (χ0n) is 9.49. The van der Waals surface area contributed by atoms with Gasteiger partial charge in [0.05, 0.1) is 20.3 Å². The number of carbonyl (C=O) groups excluding carboxylic acids is 1. The second-order valence-corrected chi connectivity index (χ2v) is 4.72. The lowest BCUT2D eigenvalue weighted by Crippen LogP contribution is -2.56. The summed E-state index contributed by atoms with van der Waals surface area (Å²) in [6.45, 7) is 3.24. The number of methoxy groups -OCH3 is 1. The van der Waals surface area contributed by atoms with Crippen molar-refractivity contribution in [3.05, 3.63) is 0 Å². The summed E-state index contributed by atoms with van der Waals surface area (Å²) in [5, 5.41) is 0. The van der Waals surface area contributed by atoms with E-state index in [-0.39, 0.29) is 11.4 Å². The van der Waals surface area contributed by atoms with Gasteiger partial charge in [-0.3, -0.25) is 4.79 Å². The van der Waals surface area contributed by atoms with Crippen molar-refractivity contribution in [2.24, 2.45) is 11.3 Å². The predicted octanol–water partition coefficient (Wildman–Crippen LogP) is 0.518. The van der Waals surface area contributed by atoms with E-state index in [9.17, 15) is 4.79 Å². The number of nitrogens with zero attached hydrogens (tertiary/aromatic N) is 1. The summed E-state index contributed by atoms with van der Waals surface area (Å²) in [6, 6.07) is 0. The Balaban J connectivity index is 2.03. The van der Waals surface area contributed by atoms with Gasteiger partial charge < -0.3 is 14.4 Å². The van der Waals surface area contributed by atoms with Crippen LogP contribution in [0.15, 0.2) is 0 Å². The maximum Gasteiger partial charge on any atom is 0.316 e. The average molecular weight is 213 g/mol. The summed E-state index contributed by atoms with van der Waals surface area (Å²) in [5.41, 5.74) is -0.323. The molecule has 2 aliphatic rings. The monoisotopic (exact) mass is 213 g/mol. The van der Waals surface area contributed by atoms with Gasteiger partial charge in [0.2, 0.25) is 0 Å². The van der Waals surface area contributed by atoms with E-state index < -0.39 is 0 Å². The fraction of sp³-hybridized carbons (Fsp3) is 0.909. The van der Waals surface area contributed by atoms with Crippen LogP contribution in [0.1, 0.15) is 12.8 Å². The molecular formula is C11H19NO3. The van der Waals surface area contributed by atoms with Gasteiger partial charge in [-0.15, -0.1) is 0 Å². The van der Waals surface area contributed by atoms with Crippen LogP contribution in [0.3, 0.4) is 0 Å². The van der Waals surface area contributed by atoms with Gasteiger partial charge >= 0.3 is 5.97 Å². The molecule has 0 atom stereocenters. The van der Waals surface area contributed by atoms with Gasteiger partial charge in [-0.2, -0.15) is 0 Å². The highest BCUT2D eigenvalue weighted by atomic mass is 16.5. The van der Waals surface area contributed by atoms with Gasteiger partial charge in [0.25, 0.3) is 0 Å². The first-order valence-corrected chi connectivity index (χ1v) is 5.54. The molecule has 0 bridgehead atoms. The van der Waals surface area contributed by atoms with Crippen LogP contribution in [-0.2, 0) is 14.3 Å². The van der Waals surface area contributed by atoms with Crippen LogP contribution in [0.5, 0.6) is 0 Å². The number of likely N-dealkylation sites (tertiary alicyclic amines) is 1. The van der Waals surface area contributed by atoms with E-state index >= 15 is 0 Å². The van der Waals surface area contributed by atoms with Gasteiger partial charge in [0.1, 0.15) is 5.41 Å². The molecule has 2 rings (SSSR count). The van der Waals surface area contributed by atoms with Gasteiger partial charge in [-0.25, -0.2) is 0 Å². The molecule has 0 unspecified atom stereocenters. The van der Waals surface area contributed by atoms with Crippen LogP contribution >= 0.6 is 0 Å². The third-order valence-corrected chi connectivity index (χ3v) is 3.81. The Morgan fingerprint density at radius 3 is 2.40 bits per heavy atom. The molecule has 4 heteroatoms. The second kappa shape index (κ2) is 4.10. The zero-order valence-corrected chi connectivity index (χ0v) is 9.49. The number of ether oxygens (including phenoxy) is 2. The Kier molecular flexibility index (Phi) is 2.98. The summed E-state index contributed by atoms with van der Waals surface area (Å²) in [6.07, 6.45) is 2.16. The van der Waals surface area contributed by atoms with Crippen molar-refractivity contribution >= 4 is 5.97 Å². The quantitative estimate of drug-likeness (QED) is 0.627. The fourth-order valence-corrected chi connectivity index (χ4v) is 2.61. The Labute approximate surface area is 90.5 Å². The number of hydrogen-bond donors (Lipinski definition) is 0. The lowest BCUT2D eigenvalue weighted by molar-refractivity contribution is -0.198. The van der Waals surface area contributed by atoms with Crippen LogP contribution in [0.4, 0.5) is 0 Å². The van der Waals surface area contributed by atoms with E-state index in [2.05, 4.69) is 11.9 Å². The maximum absolute atomic E-state index is 11.8. The predicted molar refractivity (Wildman–Crippen MR) is 55.5 cm³/mol. The van der Waals surface area contributed by atoms with Gasteiger partial charge in [0, 0.05) is 0 Å². The summed E-state index contributed by atoms with van der Waals surface area (Å²) in [7, 11) is 3.59. The van der Waals surface area contributed by atoms with Crippen LogP contribution in [0, 0.1) is 11.3 Å². The Morgan fingerprint density at radius 2 is 2.00 bits per heavy atom. The molecule has 86 valence electrons. The molecule has 2 fully saturated rings. The average Bonchev–Trinajstić information content (AvgIpc) is 2.19. The molecule has 0 N–H and O–H groups in total. The Morgan fingerprint density at radius 1 is 1.40 bits per heavy atom. The molecule has 4 nitrogen and oxygen atoms in total. The highest BCUT2D eigenvalue weighted by molar-refractivity contribution is 5.78. The largest absolute Gasteiger partial charge is 0.468 e. The molecule has 2 heterocycles. The molecule has 0 saturated carbocycles. The number of carbonyl (C=O) groups is 1. The van der Waals surface area contributed by atoms with E-state index in [1.54, 1.807) is 0 Å². The Bertz CT molecular complexity index is 242. The number of esters is 1. The van der Waals surface area contributed by atoms with Gasteiger partial charge in [-0.1, -0.05) is 0 Å². The van der Waals surface area contributed by atoms with Crippen molar-refractivity contribution < 1.29 is 14.3 Å². The first kappa shape index (κ1) is 10.9. The topological polar surface area (TPSA) is 38.8 Å². The van der Waals surface area contributed by atoms with E-state index in [1.165, 1.54) is 7.11 Å². The fourth-order valence-electron chi connectivity index (χ4n) is 2.61. The van der Waals surface area contributed by atoms with E-state index in [0.717, 1.165) is 25.9 Å². The minimum Gasteiger partial charge on any atom is -0.468 e. The zero-order chi connectivity index (χ0) is 10.9. The molecular weight excluding hydrogens is 194 g/mol. The first-order chi connectivity index (χ1) is 7.19. The van der Waals surface area contributed by atoms with Crippen molar-refractivity contribution in [1.29, 1.82) is 0 Å². The van der Waals surface area contributed by atoms with Gasteiger partial charge in [-0.05, 0) is 38.9 Å². The minimum atomic E-state index is -0.323. The van der Waals surface area contributed by atoms with E-state index in [4.69, 9.17) is 9.47 Å². The lowest BCUT2D eigenvalue weighted by Gasteiger charge is -2.47. The van der Waals surface area contributed by atoms with E-state index in [1.807, 2.05) is 0 Å². The number of rotatable bonds is 2. The van der Waals surface area contributed by atoms with E-state index in [0.29, 0.717) is 19.1 Å². The molecule has 0 amide bonds. The normalized spacial score (nSPS) is 27.1. The highest BCUT2D eigenvalue weighted by Crippen LogP contribution is 2.42. The highest BCUT2D eigenvalue weighted by Gasteiger charge is 2.53. The molecule has 0 aromatic heterocycles. The van der Waals surface area contributed by atoms with Crippen molar-refractivity contribution in [1.82, 2.24) is 4.90 Å². The molecule has 2 aliphatic heterocycles. The van der Waals surface area contributed by atoms with Gasteiger partial charge in [0.15, 0.2) is 0 Å². The summed E-state index contributed by atoms with van der Waals surface area (Å²) < 4.78 is 10.1. The molecule has 0 aromatic carbocycles. The summed E-state index contributed by atoms with van der Waals surface area (Å²) in [4.78, 5) is 14.1. The lowest BCUT2D eigenvalue weighted by atomic mass is 9.69. The third-order valence-electron chi connectivity index (χ3n) is 3.81. The van der Waals surface area contributed by atoms with Crippen molar-refractivity contribution in [2.75, 3.05) is 40.5 Å². The van der Waals surface area contributed by atoms with Crippen molar-refractivity contribution in [3.63, 3.8) is 0 Å². The molecule has 0 spiro atoms. The SMILES string of the molecule is COC(=O)C1(C2CCN(C)CC2)COC1. The first-order valence-electron chi connectivity index (χ1n) is 5.54. The minimum absolute atomic E-state index is 0.0803. The maximum atomic E-state index is 11.8. The second-order valence-electron chi connectivity index (χ2n) is 4.72. The number of piperidine rings is 1. The smallest absolute Gasteiger partial charge is 0.316 e. The standard InChI is InChI=1S/C11H19NO3/c1-12-5-3-9(4-6-12)11(7-15-8-11)10(13)14-2/h9H,3-8H2,1-2H3. The summed E-state index contributed by atoms with van der Waals surface area (Å²) >= 11 is 0.